The fourth-order valence-corrected chi connectivity index (χ4v) is 3.77. The summed E-state index contributed by atoms with van der Waals surface area (Å²) >= 11 is 5.97. The van der Waals surface area contributed by atoms with E-state index in [1.54, 1.807) is 36.7 Å². The van der Waals surface area contributed by atoms with Gasteiger partial charge in [-0.15, -0.1) is 0 Å². The highest BCUT2D eigenvalue weighted by Crippen LogP contribution is 2.23. The van der Waals surface area contributed by atoms with E-state index >= 15 is 0 Å². The summed E-state index contributed by atoms with van der Waals surface area (Å²) in [6.07, 6.45) is 5.06. The Bertz CT molecular complexity index is 1410. The Hall–Kier alpha value is -4.57. The number of H-pyrrole nitrogens is 1. The van der Waals surface area contributed by atoms with Crippen molar-refractivity contribution in [3.05, 3.63) is 107 Å². The first kappa shape index (κ1) is 24.6. The predicted octanol–water partition coefficient (Wildman–Crippen LogP) is 3.84. The normalized spacial score (nSPS) is 10.6. The second-order valence-corrected chi connectivity index (χ2v) is 8.09. The number of benzene rings is 2. The zero-order chi connectivity index (χ0) is 25.7. The van der Waals surface area contributed by atoms with Gasteiger partial charge in [0.25, 0.3) is 17.7 Å². The van der Waals surface area contributed by atoms with Gasteiger partial charge in [-0.05, 0) is 66.6 Å². The van der Waals surface area contributed by atoms with Gasteiger partial charge in [0.15, 0.2) is 5.69 Å². The number of hydrogen-bond donors (Lipinski definition) is 3. The lowest BCUT2D eigenvalue weighted by molar-refractivity contribution is 0.0955. The summed E-state index contributed by atoms with van der Waals surface area (Å²) in [5, 5.41) is 2.68. The van der Waals surface area contributed by atoms with Crippen LogP contribution in [0.5, 0.6) is 0 Å². The number of nitrogens with one attached hydrogen (secondary N) is 2. The molecule has 0 aliphatic rings. The van der Waals surface area contributed by atoms with Crippen molar-refractivity contribution in [1.29, 1.82) is 0 Å². The van der Waals surface area contributed by atoms with Gasteiger partial charge < -0.3 is 20.9 Å². The standard InChI is InChI=1S/C25H20ClFN6O3/c26-20-13-16(27)1-6-19(20)24(35)32-17-2-4-18(5-3-17)33(12-9-15-7-10-29-11-8-15)25(36)22-21(23(28)34)30-14-31-22/h1-8,10-11,13-14H,9,12H2,(H2,28,34)(H,30,31)(H,32,35). The van der Waals surface area contributed by atoms with E-state index in [1.807, 2.05) is 12.1 Å². The average molecular weight is 507 g/mol. The van der Waals surface area contributed by atoms with E-state index in [0.717, 1.165) is 17.7 Å². The molecule has 36 heavy (non-hydrogen) atoms. The first-order valence-electron chi connectivity index (χ1n) is 10.7. The van der Waals surface area contributed by atoms with Crippen molar-refractivity contribution in [3.63, 3.8) is 0 Å². The summed E-state index contributed by atoms with van der Waals surface area (Å²) in [4.78, 5) is 49.7. The lowest BCUT2D eigenvalue weighted by Gasteiger charge is -2.23. The number of imidazole rings is 1. The van der Waals surface area contributed by atoms with E-state index in [9.17, 15) is 18.8 Å². The van der Waals surface area contributed by atoms with Gasteiger partial charge in [-0.2, -0.15) is 0 Å². The molecule has 0 saturated heterocycles. The van der Waals surface area contributed by atoms with Gasteiger partial charge in [0.1, 0.15) is 11.5 Å². The molecule has 4 rings (SSSR count). The number of carbonyl (C=O) groups excluding carboxylic acids is 3. The monoisotopic (exact) mass is 506 g/mol. The maximum absolute atomic E-state index is 13.4. The van der Waals surface area contributed by atoms with Gasteiger partial charge in [0, 0.05) is 30.3 Å². The number of halogens is 2. The quantitative estimate of drug-likeness (QED) is 0.334. The van der Waals surface area contributed by atoms with Crippen LogP contribution in [0.25, 0.3) is 0 Å². The van der Waals surface area contributed by atoms with Gasteiger partial charge >= 0.3 is 0 Å². The van der Waals surface area contributed by atoms with Crippen LogP contribution >= 0.6 is 11.6 Å². The largest absolute Gasteiger partial charge is 0.364 e. The molecule has 0 radical (unpaired) electrons. The van der Waals surface area contributed by atoms with Crippen molar-refractivity contribution in [2.24, 2.45) is 5.73 Å². The molecule has 4 N–H and O–H groups in total. The number of pyridine rings is 1. The summed E-state index contributed by atoms with van der Waals surface area (Å²) in [6, 6.07) is 13.7. The highest BCUT2D eigenvalue weighted by Gasteiger charge is 2.25. The molecule has 0 aliphatic carbocycles. The van der Waals surface area contributed by atoms with Crippen LogP contribution in [-0.4, -0.2) is 39.2 Å². The van der Waals surface area contributed by atoms with E-state index in [-0.39, 0.29) is 28.5 Å². The van der Waals surface area contributed by atoms with Crippen LogP contribution in [0.3, 0.4) is 0 Å². The smallest absolute Gasteiger partial charge is 0.277 e. The lowest BCUT2D eigenvalue weighted by Crippen LogP contribution is -2.34. The molecule has 9 nitrogen and oxygen atoms in total. The minimum atomic E-state index is -0.828. The Balaban J connectivity index is 1.57. The number of aromatic nitrogens is 3. The number of aromatic amines is 1. The second-order valence-electron chi connectivity index (χ2n) is 7.68. The number of anilines is 2. The van der Waals surface area contributed by atoms with E-state index < -0.39 is 23.5 Å². The van der Waals surface area contributed by atoms with Crippen molar-refractivity contribution in [1.82, 2.24) is 15.0 Å². The van der Waals surface area contributed by atoms with Gasteiger partial charge in [-0.25, -0.2) is 9.37 Å². The predicted molar refractivity (Wildman–Crippen MR) is 133 cm³/mol. The van der Waals surface area contributed by atoms with Gasteiger partial charge in [-0.3, -0.25) is 19.4 Å². The minimum absolute atomic E-state index is 0.0122. The first-order chi connectivity index (χ1) is 17.3. The van der Waals surface area contributed by atoms with Crippen molar-refractivity contribution >= 4 is 40.7 Å². The van der Waals surface area contributed by atoms with E-state index in [4.69, 9.17) is 17.3 Å². The Morgan fingerprint density at radius 1 is 1.06 bits per heavy atom. The summed E-state index contributed by atoms with van der Waals surface area (Å²) in [7, 11) is 0. The molecular formula is C25H20ClFN6O3. The van der Waals surface area contributed by atoms with E-state index in [0.29, 0.717) is 17.8 Å². The molecule has 0 spiro atoms. The summed E-state index contributed by atoms with van der Waals surface area (Å²) in [6.45, 7) is 0.275. The van der Waals surface area contributed by atoms with Crippen LogP contribution in [0.1, 0.15) is 36.9 Å². The maximum atomic E-state index is 13.4. The molecule has 0 aliphatic heterocycles. The molecule has 4 aromatic rings. The second kappa shape index (κ2) is 10.8. The fourth-order valence-electron chi connectivity index (χ4n) is 3.51. The van der Waals surface area contributed by atoms with E-state index in [1.165, 1.54) is 17.3 Å². The molecule has 2 aromatic heterocycles. The third-order valence-electron chi connectivity index (χ3n) is 5.32. The number of amides is 3. The number of hydrogen-bond acceptors (Lipinski definition) is 5. The SMILES string of the molecule is NC(=O)c1nc[nH]c1C(=O)N(CCc1ccncc1)c1ccc(NC(=O)c2ccc(F)cc2Cl)cc1. The fraction of sp³-hybridized carbons (Fsp3) is 0.0800. The molecule has 11 heteroatoms. The van der Waals surface area contributed by atoms with Crippen molar-refractivity contribution in [3.8, 4) is 0 Å². The zero-order valence-electron chi connectivity index (χ0n) is 18.7. The number of rotatable bonds is 8. The van der Waals surface area contributed by atoms with Crippen LogP contribution in [-0.2, 0) is 6.42 Å². The molecule has 0 saturated carbocycles. The Labute approximate surface area is 210 Å². The highest BCUT2D eigenvalue weighted by molar-refractivity contribution is 6.34. The number of primary amides is 1. The Morgan fingerprint density at radius 3 is 2.44 bits per heavy atom. The van der Waals surface area contributed by atoms with Crippen molar-refractivity contribution < 1.29 is 18.8 Å². The topological polar surface area (TPSA) is 134 Å². The van der Waals surface area contributed by atoms with E-state index in [2.05, 4.69) is 20.3 Å². The summed E-state index contributed by atoms with van der Waals surface area (Å²) in [5.41, 5.74) is 7.21. The molecule has 0 unspecified atom stereocenters. The third kappa shape index (κ3) is 5.56. The summed E-state index contributed by atoms with van der Waals surface area (Å²) < 4.78 is 13.3. The highest BCUT2D eigenvalue weighted by atomic mass is 35.5. The molecule has 0 bridgehead atoms. The van der Waals surface area contributed by atoms with Crippen molar-refractivity contribution in [2.75, 3.05) is 16.8 Å². The Kier molecular flexibility index (Phi) is 7.36. The lowest BCUT2D eigenvalue weighted by atomic mass is 10.1. The average Bonchev–Trinajstić information content (AvgIpc) is 3.36. The molecular weight excluding hydrogens is 487 g/mol. The number of nitrogens with zero attached hydrogens (tertiary/aromatic N) is 3. The minimum Gasteiger partial charge on any atom is -0.364 e. The van der Waals surface area contributed by atoms with Crippen LogP contribution in [0.15, 0.2) is 73.3 Å². The van der Waals surface area contributed by atoms with Crippen LogP contribution < -0.4 is 16.0 Å². The first-order valence-corrected chi connectivity index (χ1v) is 11.1. The van der Waals surface area contributed by atoms with Gasteiger partial charge in [-0.1, -0.05) is 11.6 Å². The zero-order valence-corrected chi connectivity index (χ0v) is 19.5. The molecule has 0 atom stereocenters. The van der Waals surface area contributed by atoms with Gasteiger partial charge in [0.05, 0.1) is 16.9 Å². The maximum Gasteiger partial charge on any atom is 0.277 e. The Morgan fingerprint density at radius 2 is 1.78 bits per heavy atom. The molecule has 2 aromatic carbocycles. The summed E-state index contributed by atoms with van der Waals surface area (Å²) in [5.74, 6) is -2.38. The van der Waals surface area contributed by atoms with Gasteiger partial charge in [0.2, 0.25) is 0 Å². The third-order valence-corrected chi connectivity index (χ3v) is 5.63. The van der Waals surface area contributed by atoms with Crippen molar-refractivity contribution in [2.45, 2.75) is 6.42 Å². The molecule has 182 valence electrons. The molecule has 3 amide bonds. The van der Waals surface area contributed by atoms with Crippen LogP contribution in [0.4, 0.5) is 15.8 Å². The van der Waals surface area contributed by atoms with Crippen LogP contribution in [0.2, 0.25) is 5.02 Å². The molecule has 2 heterocycles. The number of carbonyl (C=O) groups is 3. The number of nitrogens with two attached hydrogens (primary N) is 1. The van der Waals surface area contributed by atoms with Crippen LogP contribution in [0, 0.1) is 5.82 Å². The molecule has 0 fully saturated rings.